The highest BCUT2D eigenvalue weighted by Crippen LogP contribution is 2.30. The summed E-state index contributed by atoms with van der Waals surface area (Å²) in [5.41, 5.74) is 0.456. The van der Waals surface area contributed by atoms with Gasteiger partial charge in [-0.1, -0.05) is 39.0 Å². The Hall–Kier alpha value is -1.53. The van der Waals surface area contributed by atoms with Gasteiger partial charge in [0.2, 0.25) is 0 Å². The summed E-state index contributed by atoms with van der Waals surface area (Å²) in [5.74, 6) is 0. The van der Waals surface area contributed by atoms with Crippen molar-refractivity contribution in [1.82, 2.24) is 4.98 Å². The largest absolute Gasteiger partial charge is 0.278 e. The molecule has 2 aromatic rings. The Bertz CT molecular complexity index is 691. The molecule has 6 heteroatoms. The molecule has 1 aromatic heterocycles. The minimum atomic E-state index is -3.56. The minimum Gasteiger partial charge on any atom is -0.278 e. The maximum Gasteiger partial charge on any atom is 0.261 e. The van der Waals surface area contributed by atoms with Crippen LogP contribution in [0.25, 0.3) is 0 Å². The maximum atomic E-state index is 12.2. The Morgan fingerprint density at radius 2 is 1.71 bits per heavy atom. The average Bonchev–Trinajstić information content (AvgIpc) is 2.40. The van der Waals surface area contributed by atoms with Crippen molar-refractivity contribution in [3.63, 3.8) is 0 Å². The van der Waals surface area contributed by atoms with E-state index < -0.39 is 10.0 Å². The normalized spacial score (nSPS) is 12.1. The lowest BCUT2D eigenvalue weighted by atomic mass is 10.3. The summed E-state index contributed by atoms with van der Waals surface area (Å²) in [6.45, 7) is 6.31. The molecule has 0 aliphatic carbocycles. The van der Waals surface area contributed by atoms with E-state index in [4.69, 9.17) is 0 Å². The smallest absolute Gasteiger partial charge is 0.261 e. The second kappa shape index (κ2) is 6.07. The van der Waals surface area contributed by atoms with E-state index >= 15 is 0 Å². The van der Waals surface area contributed by atoms with Gasteiger partial charge in [0.25, 0.3) is 10.0 Å². The molecule has 0 fully saturated rings. The second-order valence-electron chi connectivity index (χ2n) is 5.52. The van der Waals surface area contributed by atoms with Crippen molar-refractivity contribution in [2.75, 3.05) is 4.72 Å². The third kappa shape index (κ3) is 4.75. The highest BCUT2D eigenvalue weighted by atomic mass is 32.2. The van der Waals surface area contributed by atoms with Crippen molar-refractivity contribution in [2.45, 2.75) is 35.4 Å². The molecule has 21 heavy (non-hydrogen) atoms. The van der Waals surface area contributed by atoms with Crippen molar-refractivity contribution in [3.8, 4) is 0 Å². The number of pyridine rings is 1. The molecule has 0 radical (unpaired) electrons. The zero-order valence-electron chi connectivity index (χ0n) is 12.2. The van der Waals surface area contributed by atoms with Gasteiger partial charge in [0, 0.05) is 4.75 Å². The van der Waals surface area contributed by atoms with E-state index in [0.29, 0.717) is 5.69 Å². The molecule has 0 bridgehead atoms. The molecule has 4 nitrogen and oxygen atoms in total. The summed E-state index contributed by atoms with van der Waals surface area (Å²) < 4.78 is 26.9. The molecule has 112 valence electrons. The number of hydrogen-bond acceptors (Lipinski definition) is 4. The van der Waals surface area contributed by atoms with Crippen LogP contribution in [0.3, 0.4) is 0 Å². The zero-order chi connectivity index (χ0) is 15.5. The Labute approximate surface area is 130 Å². The van der Waals surface area contributed by atoms with Crippen molar-refractivity contribution in [2.24, 2.45) is 0 Å². The van der Waals surface area contributed by atoms with Gasteiger partial charge < -0.3 is 0 Å². The Morgan fingerprint density at radius 3 is 2.24 bits per heavy atom. The number of anilines is 1. The molecule has 2 rings (SSSR count). The predicted molar refractivity (Wildman–Crippen MR) is 87.1 cm³/mol. The molecule has 0 saturated heterocycles. The molecular formula is C15H18N2O2S2. The summed E-state index contributed by atoms with van der Waals surface area (Å²) >= 11 is 1.64. The van der Waals surface area contributed by atoms with Gasteiger partial charge in [0.05, 0.1) is 21.8 Å². The molecule has 0 atom stereocenters. The SMILES string of the molecule is CC(C)(C)Sc1ccc(NS(=O)(=O)c2ccccc2)cn1. The van der Waals surface area contributed by atoms with E-state index in [1.54, 1.807) is 48.2 Å². The fourth-order valence-corrected chi connectivity index (χ4v) is 3.56. The number of sulfonamides is 1. The molecule has 0 aliphatic rings. The maximum absolute atomic E-state index is 12.2. The first-order valence-corrected chi connectivity index (χ1v) is 8.79. The highest BCUT2D eigenvalue weighted by molar-refractivity contribution is 8.00. The van der Waals surface area contributed by atoms with Crippen LogP contribution in [0.2, 0.25) is 0 Å². The van der Waals surface area contributed by atoms with Gasteiger partial charge in [-0.05, 0) is 24.3 Å². The first-order valence-electron chi connectivity index (χ1n) is 6.49. The fourth-order valence-electron chi connectivity index (χ4n) is 1.63. The van der Waals surface area contributed by atoms with Crippen LogP contribution in [0.5, 0.6) is 0 Å². The van der Waals surface area contributed by atoms with Gasteiger partial charge in [0.1, 0.15) is 0 Å². The molecule has 0 amide bonds. The van der Waals surface area contributed by atoms with Crippen LogP contribution in [0.4, 0.5) is 5.69 Å². The second-order valence-corrected chi connectivity index (χ2v) is 9.05. The van der Waals surface area contributed by atoms with Crippen LogP contribution in [0.15, 0.2) is 58.6 Å². The lowest BCUT2D eigenvalue weighted by Crippen LogP contribution is -2.13. The van der Waals surface area contributed by atoms with Crippen molar-refractivity contribution in [3.05, 3.63) is 48.7 Å². The highest BCUT2D eigenvalue weighted by Gasteiger charge is 2.15. The van der Waals surface area contributed by atoms with Crippen LogP contribution in [-0.4, -0.2) is 18.1 Å². The number of aromatic nitrogens is 1. The van der Waals surface area contributed by atoms with Gasteiger partial charge in [0.15, 0.2) is 0 Å². The van der Waals surface area contributed by atoms with E-state index in [2.05, 4.69) is 30.5 Å². The van der Waals surface area contributed by atoms with Gasteiger partial charge >= 0.3 is 0 Å². The molecule has 1 N–H and O–H groups in total. The van der Waals surface area contributed by atoms with Crippen LogP contribution in [-0.2, 0) is 10.0 Å². The summed E-state index contributed by atoms with van der Waals surface area (Å²) in [6, 6.07) is 11.8. The standard InChI is InChI=1S/C15H18N2O2S2/c1-15(2,3)20-14-10-9-12(11-16-14)17-21(18,19)13-7-5-4-6-8-13/h4-11,17H,1-3H3. The Balaban J connectivity index is 2.14. The zero-order valence-corrected chi connectivity index (χ0v) is 13.8. The molecule has 0 unspecified atom stereocenters. The number of rotatable bonds is 4. The minimum absolute atomic E-state index is 0.0675. The molecule has 0 aliphatic heterocycles. The van der Waals surface area contributed by atoms with Crippen LogP contribution < -0.4 is 4.72 Å². The quantitative estimate of drug-likeness (QED) is 0.871. The molecular weight excluding hydrogens is 304 g/mol. The summed E-state index contributed by atoms with van der Waals surface area (Å²) in [7, 11) is -3.56. The lowest BCUT2D eigenvalue weighted by Gasteiger charge is -2.16. The van der Waals surface area contributed by atoms with Gasteiger partial charge in [-0.15, -0.1) is 11.8 Å². The average molecular weight is 322 g/mol. The third-order valence-electron chi connectivity index (χ3n) is 2.45. The Morgan fingerprint density at radius 1 is 1.05 bits per heavy atom. The van der Waals surface area contributed by atoms with Gasteiger partial charge in [-0.3, -0.25) is 4.72 Å². The number of hydrogen-bond donors (Lipinski definition) is 1. The third-order valence-corrected chi connectivity index (χ3v) is 4.91. The number of nitrogens with zero attached hydrogens (tertiary/aromatic N) is 1. The molecule has 1 heterocycles. The van der Waals surface area contributed by atoms with E-state index in [1.807, 2.05) is 6.07 Å². The molecule has 0 saturated carbocycles. The Kier molecular flexibility index (Phi) is 4.58. The van der Waals surface area contributed by atoms with Crippen LogP contribution in [0.1, 0.15) is 20.8 Å². The topological polar surface area (TPSA) is 59.1 Å². The van der Waals surface area contributed by atoms with Crippen LogP contribution >= 0.6 is 11.8 Å². The summed E-state index contributed by atoms with van der Waals surface area (Å²) in [4.78, 5) is 4.51. The van der Waals surface area contributed by atoms with Crippen molar-refractivity contribution in [1.29, 1.82) is 0 Å². The number of benzene rings is 1. The van der Waals surface area contributed by atoms with E-state index in [1.165, 1.54) is 6.20 Å². The van der Waals surface area contributed by atoms with Crippen molar-refractivity contribution < 1.29 is 8.42 Å². The van der Waals surface area contributed by atoms with Crippen molar-refractivity contribution >= 4 is 27.5 Å². The summed E-state index contributed by atoms with van der Waals surface area (Å²) in [6.07, 6.45) is 1.54. The fraction of sp³-hybridized carbons (Fsp3) is 0.267. The van der Waals surface area contributed by atoms with E-state index in [-0.39, 0.29) is 9.64 Å². The first kappa shape index (κ1) is 15.9. The van der Waals surface area contributed by atoms with Gasteiger partial charge in [-0.2, -0.15) is 0 Å². The summed E-state index contributed by atoms with van der Waals surface area (Å²) in [5, 5.41) is 0.866. The van der Waals surface area contributed by atoms with Crippen LogP contribution in [0, 0.1) is 0 Å². The molecule has 1 aromatic carbocycles. The number of thioether (sulfide) groups is 1. The van der Waals surface area contributed by atoms with E-state index in [0.717, 1.165) is 5.03 Å². The van der Waals surface area contributed by atoms with E-state index in [9.17, 15) is 8.42 Å². The lowest BCUT2D eigenvalue weighted by molar-refractivity contribution is 0.601. The first-order chi connectivity index (χ1) is 9.76. The van der Waals surface area contributed by atoms with Gasteiger partial charge in [-0.25, -0.2) is 13.4 Å². The predicted octanol–water partition coefficient (Wildman–Crippen LogP) is 3.77. The number of nitrogens with one attached hydrogen (secondary N) is 1. The molecule has 0 spiro atoms. The monoisotopic (exact) mass is 322 g/mol.